The Bertz CT molecular complexity index is 444. The highest BCUT2D eigenvalue weighted by atomic mass is 32.1. The number of thiazole rings is 1. The number of carbonyl (C=O) groups is 1. The fourth-order valence-corrected chi connectivity index (χ4v) is 3.18. The number of carbonyl (C=O) groups excluding carboxylic acids is 1. The molecule has 106 valence electrons. The summed E-state index contributed by atoms with van der Waals surface area (Å²) in [4.78, 5) is 19.7. The normalized spacial score (nSPS) is 18.5. The van der Waals surface area contributed by atoms with Gasteiger partial charge in [-0.3, -0.25) is 4.79 Å². The van der Waals surface area contributed by atoms with E-state index in [1.165, 1.54) is 4.88 Å². The molecule has 0 radical (unpaired) electrons. The highest BCUT2D eigenvalue weighted by Gasteiger charge is 2.38. The van der Waals surface area contributed by atoms with Gasteiger partial charge in [-0.25, -0.2) is 4.98 Å². The zero-order valence-corrected chi connectivity index (χ0v) is 12.6. The number of nitrogens with zero attached hydrogens (tertiary/aromatic N) is 2. The molecule has 2 heterocycles. The van der Waals surface area contributed by atoms with Gasteiger partial charge in [-0.15, -0.1) is 11.3 Å². The van der Waals surface area contributed by atoms with Crippen LogP contribution in [0.15, 0.2) is 6.20 Å². The number of hydrogen-bond acceptors (Lipinski definition) is 5. The third kappa shape index (κ3) is 3.06. The van der Waals surface area contributed by atoms with E-state index in [1.54, 1.807) is 11.3 Å². The van der Waals surface area contributed by atoms with Crippen molar-refractivity contribution in [3.63, 3.8) is 0 Å². The van der Waals surface area contributed by atoms with Crippen LogP contribution < -0.4 is 15.5 Å². The van der Waals surface area contributed by atoms with E-state index in [0.29, 0.717) is 6.54 Å². The predicted octanol–water partition coefficient (Wildman–Crippen LogP) is 1.36. The second-order valence-corrected chi connectivity index (χ2v) is 6.35. The number of amides is 1. The van der Waals surface area contributed by atoms with Crippen molar-refractivity contribution in [1.29, 1.82) is 0 Å². The summed E-state index contributed by atoms with van der Waals surface area (Å²) in [6, 6.07) is 0. The van der Waals surface area contributed by atoms with E-state index < -0.39 is 5.54 Å². The van der Waals surface area contributed by atoms with Crippen LogP contribution in [0.4, 0.5) is 5.13 Å². The largest absolute Gasteiger partial charge is 0.352 e. The summed E-state index contributed by atoms with van der Waals surface area (Å²) in [5.74, 6) is 0.0691. The second-order valence-electron chi connectivity index (χ2n) is 5.25. The molecule has 1 amide bonds. The monoisotopic (exact) mass is 282 g/mol. The first-order valence-electron chi connectivity index (χ1n) is 6.77. The standard InChI is InChI=1S/C13H22N4OS/c1-4-5-14-8-10-9-16-12(19-10)17-7-6-15-11(18)13(17,2)3/h9,14H,4-8H2,1-3H3,(H,15,18). The lowest BCUT2D eigenvalue weighted by Crippen LogP contribution is -2.62. The Balaban J connectivity index is 2.07. The first-order chi connectivity index (χ1) is 9.05. The average molecular weight is 282 g/mol. The summed E-state index contributed by atoms with van der Waals surface area (Å²) in [6.45, 7) is 9.41. The molecule has 0 saturated carbocycles. The molecule has 1 aliphatic rings. The van der Waals surface area contributed by atoms with Crippen LogP contribution >= 0.6 is 11.3 Å². The minimum Gasteiger partial charge on any atom is -0.352 e. The summed E-state index contributed by atoms with van der Waals surface area (Å²) < 4.78 is 0. The first-order valence-corrected chi connectivity index (χ1v) is 7.58. The van der Waals surface area contributed by atoms with E-state index >= 15 is 0 Å². The lowest BCUT2D eigenvalue weighted by atomic mass is 10.00. The molecule has 0 atom stereocenters. The number of hydrogen-bond donors (Lipinski definition) is 2. The minimum atomic E-state index is -0.524. The smallest absolute Gasteiger partial charge is 0.245 e. The van der Waals surface area contributed by atoms with Crippen molar-refractivity contribution in [1.82, 2.24) is 15.6 Å². The number of aromatic nitrogens is 1. The molecule has 19 heavy (non-hydrogen) atoms. The molecule has 5 nitrogen and oxygen atoms in total. The molecular formula is C13H22N4OS. The van der Waals surface area contributed by atoms with Gasteiger partial charge in [-0.05, 0) is 26.8 Å². The Kier molecular flexibility index (Phi) is 4.42. The summed E-state index contributed by atoms with van der Waals surface area (Å²) in [5, 5.41) is 7.21. The Morgan fingerprint density at radius 1 is 1.58 bits per heavy atom. The Hall–Kier alpha value is -1.14. The van der Waals surface area contributed by atoms with Crippen LogP contribution in [0.3, 0.4) is 0 Å². The molecule has 1 aliphatic heterocycles. The van der Waals surface area contributed by atoms with Crippen molar-refractivity contribution < 1.29 is 4.79 Å². The summed E-state index contributed by atoms with van der Waals surface area (Å²) >= 11 is 1.67. The maximum absolute atomic E-state index is 11.9. The van der Waals surface area contributed by atoms with Crippen LogP contribution in [0.25, 0.3) is 0 Å². The molecule has 0 unspecified atom stereocenters. The van der Waals surface area contributed by atoms with Gasteiger partial charge in [-0.1, -0.05) is 6.92 Å². The highest BCUT2D eigenvalue weighted by Crippen LogP contribution is 2.29. The quantitative estimate of drug-likeness (QED) is 0.801. The van der Waals surface area contributed by atoms with Gasteiger partial charge in [0.1, 0.15) is 5.54 Å². The Morgan fingerprint density at radius 3 is 3.11 bits per heavy atom. The van der Waals surface area contributed by atoms with Crippen molar-refractivity contribution in [2.24, 2.45) is 0 Å². The molecule has 1 fully saturated rings. The second kappa shape index (κ2) is 5.88. The number of rotatable bonds is 5. The van der Waals surface area contributed by atoms with Gasteiger partial charge in [0, 0.05) is 30.7 Å². The summed E-state index contributed by atoms with van der Waals surface area (Å²) in [7, 11) is 0. The zero-order valence-electron chi connectivity index (χ0n) is 11.8. The van der Waals surface area contributed by atoms with Crippen molar-refractivity contribution in [3.8, 4) is 0 Å². The van der Waals surface area contributed by atoms with Crippen LogP contribution in [0.5, 0.6) is 0 Å². The fourth-order valence-electron chi connectivity index (χ4n) is 2.13. The molecule has 0 aromatic carbocycles. The first kappa shape index (κ1) is 14.3. The van der Waals surface area contributed by atoms with Gasteiger partial charge in [0.2, 0.25) is 5.91 Å². The van der Waals surface area contributed by atoms with Crippen LogP contribution in [0.1, 0.15) is 32.1 Å². The van der Waals surface area contributed by atoms with Crippen LogP contribution in [-0.4, -0.2) is 36.1 Å². The van der Waals surface area contributed by atoms with E-state index in [-0.39, 0.29) is 5.91 Å². The van der Waals surface area contributed by atoms with Crippen molar-refractivity contribution in [3.05, 3.63) is 11.1 Å². The minimum absolute atomic E-state index is 0.0691. The van der Waals surface area contributed by atoms with E-state index in [9.17, 15) is 4.79 Å². The fraction of sp³-hybridized carbons (Fsp3) is 0.692. The number of nitrogens with one attached hydrogen (secondary N) is 2. The molecule has 1 aromatic rings. The van der Waals surface area contributed by atoms with Crippen LogP contribution in [0, 0.1) is 0 Å². The van der Waals surface area contributed by atoms with Crippen molar-refractivity contribution in [2.45, 2.75) is 39.3 Å². The Morgan fingerprint density at radius 2 is 2.37 bits per heavy atom. The maximum atomic E-state index is 11.9. The van der Waals surface area contributed by atoms with Crippen molar-refractivity contribution in [2.75, 3.05) is 24.5 Å². The van der Waals surface area contributed by atoms with E-state index in [4.69, 9.17) is 0 Å². The molecule has 2 rings (SSSR count). The van der Waals surface area contributed by atoms with Crippen LogP contribution in [0.2, 0.25) is 0 Å². The lowest BCUT2D eigenvalue weighted by Gasteiger charge is -2.41. The molecule has 1 aromatic heterocycles. The van der Waals surface area contributed by atoms with E-state index in [2.05, 4.69) is 27.4 Å². The molecule has 1 saturated heterocycles. The van der Waals surface area contributed by atoms with E-state index in [1.807, 2.05) is 20.0 Å². The van der Waals surface area contributed by atoms with E-state index in [0.717, 1.165) is 31.2 Å². The van der Waals surface area contributed by atoms with Gasteiger partial charge in [0.25, 0.3) is 0 Å². The molecule has 0 bridgehead atoms. The highest BCUT2D eigenvalue weighted by molar-refractivity contribution is 7.15. The SMILES string of the molecule is CCCNCc1cnc(N2CCNC(=O)C2(C)C)s1. The zero-order chi connectivity index (χ0) is 13.9. The van der Waals surface area contributed by atoms with Gasteiger partial charge < -0.3 is 15.5 Å². The summed E-state index contributed by atoms with van der Waals surface area (Å²) in [6.07, 6.45) is 3.04. The molecule has 6 heteroatoms. The molecular weight excluding hydrogens is 260 g/mol. The van der Waals surface area contributed by atoms with Gasteiger partial charge in [0.15, 0.2) is 5.13 Å². The van der Waals surface area contributed by atoms with Gasteiger partial charge in [0.05, 0.1) is 0 Å². The van der Waals surface area contributed by atoms with Gasteiger partial charge in [-0.2, -0.15) is 0 Å². The third-order valence-corrected chi connectivity index (χ3v) is 4.37. The van der Waals surface area contributed by atoms with Crippen LogP contribution in [-0.2, 0) is 11.3 Å². The predicted molar refractivity (Wildman–Crippen MR) is 78.5 cm³/mol. The lowest BCUT2D eigenvalue weighted by molar-refractivity contribution is -0.126. The number of anilines is 1. The maximum Gasteiger partial charge on any atom is 0.245 e. The number of piperazine rings is 1. The Labute approximate surface area is 118 Å². The molecule has 0 aliphatic carbocycles. The van der Waals surface area contributed by atoms with Crippen molar-refractivity contribution >= 4 is 22.4 Å². The molecule has 2 N–H and O–H groups in total. The average Bonchev–Trinajstić information content (AvgIpc) is 2.81. The molecule has 0 spiro atoms. The topological polar surface area (TPSA) is 57.3 Å². The van der Waals surface area contributed by atoms with Gasteiger partial charge >= 0.3 is 0 Å². The third-order valence-electron chi connectivity index (χ3n) is 3.35. The summed E-state index contributed by atoms with van der Waals surface area (Å²) in [5.41, 5.74) is -0.524.